The molecule has 0 saturated carbocycles. The fraction of sp³-hybridized carbons (Fsp3) is 0.265. The number of benzene rings is 3. The molecule has 1 aromatic heterocycles. The van der Waals surface area contributed by atoms with Gasteiger partial charge >= 0.3 is 5.97 Å². The van der Waals surface area contributed by atoms with E-state index in [1.54, 1.807) is 7.11 Å². The highest BCUT2D eigenvalue weighted by atomic mass is 32.2. The van der Waals surface area contributed by atoms with Crippen molar-refractivity contribution in [2.75, 3.05) is 36.7 Å². The molecule has 1 atom stereocenters. The molecule has 4 aromatic rings. The Morgan fingerprint density at radius 3 is 2.53 bits per heavy atom. The highest BCUT2D eigenvalue weighted by molar-refractivity contribution is 8.00. The molecule has 0 radical (unpaired) electrons. The molecule has 5 rings (SSSR count). The van der Waals surface area contributed by atoms with Gasteiger partial charge in [0.2, 0.25) is 5.91 Å². The molecular formula is C34H36N4O4S3. The predicted molar refractivity (Wildman–Crippen MR) is 188 cm³/mol. The van der Waals surface area contributed by atoms with Gasteiger partial charge in [0.05, 0.1) is 30.7 Å². The quantitative estimate of drug-likeness (QED) is 0.0864. The van der Waals surface area contributed by atoms with Gasteiger partial charge in [-0.1, -0.05) is 55.5 Å². The molecule has 3 N–H and O–H groups in total. The molecule has 1 unspecified atom stereocenters. The van der Waals surface area contributed by atoms with Crippen molar-refractivity contribution in [2.24, 2.45) is 0 Å². The number of esters is 1. The average Bonchev–Trinajstić information content (AvgIpc) is 3.40. The lowest BCUT2D eigenvalue weighted by molar-refractivity contribution is -0.115. The van der Waals surface area contributed by atoms with Crippen LogP contribution in [0.25, 0.3) is 0 Å². The van der Waals surface area contributed by atoms with Crippen LogP contribution in [0.5, 0.6) is 5.75 Å². The number of fused-ring (bicyclic) bond motifs is 1. The van der Waals surface area contributed by atoms with E-state index in [2.05, 4.69) is 33.0 Å². The SMILES string of the molecule is CCC(Sc1cccc(NC(=S)Nc2ccccc2OC)c1)C(=O)Nc1sc2c(c1C(=O)OC)CCN(Cc1ccccc1)C2. The summed E-state index contributed by atoms with van der Waals surface area (Å²) >= 11 is 8.46. The van der Waals surface area contributed by atoms with Crippen LogP contribution < -0.4 is 20.7 Å². The molecule has 2 heterocycles. The molecule has 1 aliphatic heterocycles. The minimum Gasteiger partial charge on any atom is -0.495 e. The summed E-state index contributed by atoms with van der Waals surface area (Å²) in [6, 6.07) is 25.7. The van der Waals surface area contributed by atoms with E-state index in [-0.39, 0.29) is 11.2 Å². The number of carbonyl (C=O) groups excluding carboxylic acids is 2. The Labute approximate surface area is 277 Å². The van der Waals surface area contributed by atoms with Crippen molar-refractivity contribution in [3.8, 4) is 5.75 Å². The van der Waals surface area contributed by atoms with Gasteiger partial charge in [-0.25, -0.2) is 4.79 Å². The first-order chi connectivity index (χ1) is 21.9. The number of rotatable bonds is 11. The molecule has 234 valence electrons. The second-order valence-corrected chi connectivity index (χ2v) is 13.2. The fourth-order valence-corrected chi connectivity index (χ4v) is 7.72. The zero-order valence-corrected chi connectivity index (χ0v) is 27.9. The van der Waals surface area contributed by atoms with E-state index < -0.39 is 5.97 Å². The molecule has 11 heteroatoms. The molecular weight excluding hydrogens is 625 g/mol. The van der Waals surface area contributed by atoms with Crippen LogP contribution >= 0.6 is 35.3 Å². The number of methoxy groups -OCH3 is 2. The van der Waals surface area contributed by atoms with Crippen LogP contribution in [0.2, 0.25) is 0 Å². The fourth-order valence-electron chi connectivity index (χ4n) is 5.20. The lowest BCUT2D eigenvalue weighted by Crippen LogP contribution is -2.30. The summed E-state index contributed by atoms with van der Waals surface area (Å²) in [6.45, 7) is 4.35. The zero-order valence-electron chi connectivity index (χ0n) is 25.4. The van der Waals surface area contributed by atoms with Crippen molar-refractivity contribution in [3.63, 3.8) is 0 Å². The van der Waals surface area contributed by atoms with Crippen molar-refractivity contribution in [2.45, 2.75) is 43.0 Å². The van der Waals surface area contributed by atoms with E-state index in [9.17, 15) is 9.59 Å². The van der Waals surface area contributed by atoms with E-state index in [1.165, 1.54) is 35.8 Å². The summed E-state index contributed by atoms with van der Waals surface area (Å²) < 4.78 is 10.5. The normalized spacial score (nSPS) is 13.3. The van der Waals surface area contributed by atoms with Crippen molar-refractivity contribution < 1.29 is 19.1 Å². The number of para-hydroxylation sites is 2. The summed E-state index contributed by atoms with van der Waals surface area (Å²) in [5.41, 5.74) is 4.25. The second kappa shape index (κ2) is 15.4. The van der Waals surface area contributed by atoms with Gasteiger partial charge in [-0.2, -0.15) is 0 Å². The minimum absolute atomic E-state index is 0.154. The first-order valence-electron chi connectivity index (χ1n) is 14.7. The number of hydrogen-bond acceptors (Lipinski definition) is 8. The van der Waals surface area contributed by atoms with Gasteiger partial charge in [0.1, 0.15) is 10.8 Å². The van der Waals surface area contributed by atoms with E-state index in [1.807, 2.05) is 73.7 Å². The standard InChI is InChI=1S/C34H36N4O4S3/c1-4-28(44-24-14-10-13-23(19-24)35-34(43)36-26-15-8-9-16-27(26)41-2)31(39)37-32-30(33(40)42-3)25-17-18-38(21-29(25)45-32)20-22-11-6-5-7-12-22/h5-16,19,28H,4,17-18,20-21H2,1-3H3,(H,37,39)(H2,35,36,43). The molecule has 0 aliphatic carbocycles. The van der Waals surface area contributed by atoms with Crippen molar-refractivity contribution >= 4 is 68.7 Å². The monoisotopic (exact) mass is 660 g/mol. The number of thioether (sulfide) groups is 1. The van der Waals surface area contributed by atoms with Crippen LogP contribution in [-0.4, -0.2) is 47.9 Å². The molecule has 1 amide bonds. The third-order valence-electron chi connectivity index (χ3n) is 7.40. The number of anilines is 3. The largest absolute Gasteiger partial charge is 0.495 e. The summed E-state index contributed by atoms with van der Waals surface area (Å²) in [5, 5.41) is 10.1. The van der Waals surface area contributed by atoms with Crippen LogP contribution in [0, 0.1) is 0 Å². The Hall–Kier alpha value is -3.90. The van der Waals surface area contributed by atoms with E-state index >= 15 is 0 Å². The first-order valence-corrected chi connectivity index (χ1v) is 16.8. The van der Waals surface area contributed by atoms with Crippen LogP contribution in [-0.2, 0) is 29.0 Å². The molecule has 8 nitrogen and oxygen atoms in total. The smallest absolute Gasteiger partial charge is 0.341 e. The van der Waals surface area contributed by atoms with E-state index in [0.717, 1.165) is 46.2 Å². The molecule has 45 heavy (non-hydrogen) atoms. The summed E-state index contributed by atoms with van der Waals surface area (Å²) in [7, 11) is 2.99. The van der Waals surface area contributed by atoms with Crippen LogP contribution in [0.15, 0.2) is 83.8 Å². The molecule has 0 bridgehead atoms. The van der Waals surface area contributed by atoms with Crippen LogP contribution in [0.4, 0.5) is 16.4 Å². The lowest BCUT2D eigenvalue weighted by atomic mass is 10.0. The Bertz CT molecular complexity index is 1660. The van der Waals surface area contributed by atoms with Gasteiger partial charge < -0.3 is 25.4 Å². The zero-order chi connectivity index (χ0) is 31.8. The molecule has 0 saturated heterocycles. The molecule has 1 aliphatic rings. The summed E-state index contributed by atoms with van der Waals surface area (Å²) in [6.07, 6.45) is 1.32. The number of amides is 1. The topological polar surface area (TPSA) is 91.9 Å². The number of thiophene rings is 1. The van der Waals surface area contributed by atoms with Gasteiger partial charge in [0, 0.05) is 35.1 Å². The number of hydrogen-bond donors (Lipinski definition) is 3. The van der Waals surface area contributed by atoms with E-state index in [0.29, 0.717) is 34.4 Å². The first kappa shape index (κ1) is 32.5. The predicted octanol–water partition coefficient (Wildman–Crippen LogP) is 7.42. The second-order valence-electron chi connectivity index (χ2n) is 10.5. The Morgan fingerprint density at radius 2 is 1.78 bits per heavy atom. The third kappa shape index (κ3) is 8.23. The van der Waals surface area contributed by atoms with Gasteiger partial charge in [-0.05, 0) is 66.5 Å². The molecule has 0 spiro atoms. The highest BCUT2D eigenvalue weighted by Crippen LogP contribution is 2.39. The number of thiocarbonyl (C=S) groups is 1. The number of carbonyl (C=O) groups is 2. The Morgan fingerprint density at radius 1 is 1.00 bits per heavy atom. The highest BCUT2D eigenvalue weighted by Gasteiger charge is 2.30. The van der Waals surface area contributed by atoms with E-state index in [4.69, 9.17) is 21.7 Å². The van der Waals surface area contributed by atoms with Gasteiger partial charge in [0.25, 0.3) is 0 Å². The van der Waals surface area contributed by atoms with Gasteiger partial charge in [0.15, 0.2) is 5.11 Å². The lowest BCUT2D eigenvalue weighted by Gasteiger charge is -2.27. The maximum Gasteiger partial charge on any atom is 0.341 e. The summed E-state index contributed by atoms with van der Waals surface area (Å²) in [4.78, 5) is 30.9. The maximum atomic E-state index is 13.6. The molecule has 3 aromatic carbocycles. The number of nitrogens with one attached hydrogen (secondary N) is 3. The number of nitrogens with zero attached hydrogens (tertiary/aromatic N) is 1. The third-order valence-corrected chi connectivity index (χ3v) is 10.1. The molecule has 0 fully saturated rings. The maximum absolute atomic E-state index is 13.6. The Balaban J connectivity index is 1.26. The van der Waals surface area contributed by atoms with Crippen molar-refractivity contribution in [1.29, 1.82) is 0 Å². The Kier molecular flexibility index (Phi) is 11.1. The van der Waals surface area contributed by atoms with Crippen LogP contribution in [0.3, 0.4) is 0 Å². The van der Waals surface area contributed by atoms with Gasteiger partial charge in [-0.3, -0.25) is 9.69 Å². The number of ether oxygens (including phenoxy) is 2. The van der Waals surface area contributed by atoms with Crippen LogP contribution in [0.1, 0.15) is 39.7 Å². The average molecular weight is 661 g/mol. The van der Waals surface area contributed by atoms with Crippen molar-refractivity contribution in [1.82, 2.24) is 4.90 Å². The summed E-state index contributed by atoms with van der Waals surface area (Å²) in [5.74, 6) is 0.116. The van der Waals surface area contributed by atoms with Gasteiger partial charge in [-0.15, -0.1) is 23.1 Å². The van der Waals surface area contributed by atoms with Crippen molar-refractivity contribution in [3.05, 3.63) is 100 Å². The minimum atomic E-state index is -0.420.